The van der Waals surface area contributed by atoms with Crippen LogP contribution in [-0.2, 0) is 0 Å². The molecule has 1 unspecified atom stereocenters. The Morgan fingerprint density at radius 2 is 1.94 bits per heavy atom. The molecule has 2 aromatic heterocycles. The van der Waals surface area contributed by atoms with Crippen LogP contribution in [0.4, 0.5) is 5.69 Å². The molecule has 0 bridgehead atoms. The summed E-state index contributed by atoms with van der Waals surface area (Å²) in [7, 11) is 0. The minimum absolute atomic E-state index is 0.0944. The van der Waals surface area contributed by atoms with Gasteiger partial charge in [-0.05, 0) is 36.8 Å². The molecular formula is C23H17ClN4O4. The first kappa shape index (κ1) is 19.9. The fraction of sp³-hybridized carbons (Fsp3) is 0.0870. The van der Waals surface area contributed by atoms with Crippen LogP contribution in [0.1, 0.15) is 24.2 Å². The van der Waals surface area contributed by atoms with Crippen molar-refractivity contribution in [3.05, 3.63) is 98.6 Å². The van der Waals surface area contributed by atoms with Gasteiger partial charge in [0.1, 0.15) is 11.5 Å². The molecule has 0 saturated carbocycles. The minimum Gasteiger partial charge on any atom is -0.460 e. The van der Waals surface area contributed by atoms with Gasteiger partial charge >= 0.3 is 0 Å². The molecule has 32 heavy (non-hydrogen) atoms. The lowest BCUT2D eigenvalue weighted by Gasteiger charge is -2.23. The highest BCUT2D eigenvalue weighted by Crippen LogP contribution is 2.47. The molecule has 160 valence electrons. The van der Waals surface area contributed by atoms with Crippen molar-refractivity contribution in [1.82, 2.24) is 10.2 Å². The molecule has 4 aromatic rings. The Morgan fingerprint density at radius 3 is 2.69 bits per heavy atom. The van der Waals surface area contributed by atoms with E-state index in [1.54, 1.807) is 12.1 Å². The quantitative estimate of drug-likeness (QED) is 0.309. The van der Waals surface area contributed by atoms with E-state index in [-0.39, 0.29) is 17.5 Å². The fourth-order valence-electron chi connectivity index (χ4n) is 3.92. The van der Waals surface area contributed by atoms with Crippen molar-refractivity contribution in [2.45, 2.75) is 12.8 Å². The van der Waals surface area contributed by atoms with E-state index < -0.39 is 4.92 Å². The van der Waals surface area contributed by atoms with Crippen LogP contribution in [0.15, 0.2) is 76.5 Å². The maximum absolute atomic E-state index is 11.5. The van der Waals surface area contributed by atoms with Crippen LogP contribution in [0.2, 0.25) is 5.02 Å². The topological polar surface area (TPSA) is 120 Å². The number of fused-ring (bicyclic) bond motifs is 1. The van der Waals surface area contributed by atoms with E-state index in [0.29, 0.717) is 28.0 Å². The molecule has 9 heteroatoms. The van der Waals surface area contributed by atoms with Crippen molar-refractivity contribution >= 4 is 17.3 Å². The number of furan rings is 1. The molecule has 3 heterocycles. The molecular weight excluding hydrogens is 432 g/mol. The van der Waals surface area contributed by atoms with Gasteiger partial charge in [-0.3, -0.25) is 15.2 Å². The summed E-state index contributed by atoms with van der Waals surface area (Å²) in [4.78, 5) is 11.0. The van der Waals surface area contributed by atoms with Gasteiger partial charge in [0.05, 0.1) is 27.7 Å². The average molecular weight is 449 g/mol. The average Bonchev–Trinajstić information content (AvgIpc) is 3.42. The lowest BCUT2D eigenvalue weighted by atomic mass is 9.87. The maximum Gasteiger partial charge on any atom is 0.280 e. The largest absolute Gasteiger partial charge is 0.460 e. The van der Waals surface area contributed by atoms with E-state index in [1.807, 2.05) is 37.3 Å². The molecule has 5 rings (SSSR count). The van der Waals surface area contributed by atoms with Gasteiger partial charge in [0.2, 0.25) is 5.88 Å². The second-order valence-corrected chi connectivity index (χ2v) is 7.82. The zero-order valence-electron chi connectivity index (χ0n) is 16.8. The summed E-state index contributed by atoms with van der Waals surface area (Å²) in [6.45, 7) is 1.86. The predicted octanol–water partition coefficient (Wildman–Crippen LogP) is 5.61. The van der Waals surface area contributed by atoms with Gasteiger partial charge in [-0.1, -0.05) is 41.9 Å². The van der Waals surface area contributed by atoms with Gasteiger partial charge in [-0.2, -0.15) is 0 Å². The monoisotopic (exact) mass is 448 g/mol. The Morgan fingerprint density at radius 1 is 1.16 bits per heavy atom. The Balaban J connectivity index is 1.65. The number of rotatable bonds is 4. The number of H-pyrrole nitrogens is 1. The van der Waals surface area contributed by atoms with Crippen LogP contribution in [-0.4, -0.2) is 15.1 Å². The van der Waals surface area contributed by atoms with Crippen molar-refractivity contribution in [2.24, 2.45) is 5.73 Å². The number of allylic oxidation sites excluding steroid dienone is 1. The number of nitro benzene ring substituents is 1. The number of halogens is 1. The number of hydrogen-bond donors (Lipinski definition) is 2. The van der Waals surface area contributed by atoms with Crippen LogP contribution in [0.5, 0.6) is 5.88 Å². The number of nitrogens with one attached hydrogen (secondary N) is 1. The van der Waals surface area contributed by atoms with E-state index in [0.717, 1.165) is 22.4 Å². The number of hydrogen-bond acceptors (Lipinski definition) is 6. The van der Waals surface area contributed by atoms with Crippen LogP contribution in [0.3, 0.4) is 0 Å². The lowest BCUT2D eigenvalue weighted by molar-refractivity contribution is -0.384. The third-order valence-electron chi connectivity index (χ3n) is 5.48. The number of benzene rings is 2. The summed E-state index contributed by atoms with van der Waals surface area (Å²) in [6.07, 6.45) is 0. The standard InChI is InChI=1S/C23H17ClN4O4/c1-12-19(18-10-9-17(31-18)15-11-14(24)7-8-16(15)28(29)30)20-21(13-5-3-2-4-6-13)26-27-23(20)32-22(12)25/h2-11,19H,25H2,1H3,(H,26,27). The van der Waals surface area contributed by atoms with Crippen molar-refractivity contribution in [3.8, 4) is 28.5 Å². The van der Waals surface area contributed by atoms with E-state index in [1.165, 1.54) is 18.2 Å². The van der Waals surface area contributed by atoms with Gasteiger partial charge in [0.25, 0.3) is 5.69 Å². The second kappa shape index (κ2) is 7.58. The molecule has 8 nitrogen and oxygen atoms in total. The number of aromatic amines is 1. The van der Waals surface area contributed by atoms with Crippen LogP contribution < -0.4 is 10.5 Å². The smallest absolute Gasteiger partial charge is 0.280 e. The lowest BCUT2D eigenvalue weighted by Crippen LogP contribution is -2.19. The van der Waals surface area contributed by atoms with Gasteiger partial charge in [0, 0.05) is 16.7 Å². The van der Waals surface area contributed by atoms with E-state index in [4.69, 9.17) is 26.5 Å². The van der Waals surface area contributed by atoms with Crippen molar-refractivity contribution in [1.29, 1.82) is 0 Å². The first-order chi connectivity index (χ1) is 15.4. The second-order valence-electron chi connectivity index (χ2n) is 7.39. The van der Waals surface area contributed by atoms with Gasteiger partial charge in [-0.15, -0.1) is 5.10 Å². The van der Waals surface area contributed by atoms with Crippen molar-refractivity contribution in [2.75, 3.05) is 0 Å². The number of nitrogens with zero attached hydrogens (tertiary/aromatic N) is 2. The van der Waals surface area contributed by atoms with Crippen molar-refractivity contribution < 1.29 is 14.1 Å². The SMILES string of the molecule is CC1=C(N)Oc2n[nH]c(-c3ccccc3)c2C1c1ccc(-c2cc(Cl)ccc2[N+](=O)[O-])o1. The molecule has 3 N–H and O–H groups in total. The first-order valence-electron chi connectivity index (χ1n) is 9.76. The fourth-order valence-corrected chi connectivity index (χ4v) is 4.09. The molecule has 0 spiro atoms. The van der Waals surface area contributed by atoms with Crippen LogP contribution in [0, 0.1) is 10.1 Å². The Kier molecular flexibility index (Phi) is 4.71. The minimum atomic E-state index is -0.465. The molecule has 0 fully saturated rings. The highest BCUT2D eigenvalue weighted by atomic mass is 35.5. The summed E-state index contributed by atoms with van der Waals surface area (Å²) < 4.78 is 11.9. The molecule has 1 atom stereocenters. The zero-order valence-corrected chi connectivity index (χ0v) is 17.6. The summed E-state index contributed by atoms with van der Waals surface area (Å²) in [5.41, 5.74) is 9.57. The Bertz CT molecular complexity index is 1370. The van der Waals surface area contributed by atoms with E-state index >= 15 is 0 Å². The summed E-state index contributed by atoms with van der Waals surface area (Å²) >= 11 is 6.09. The summed E-state index contributed by atoms with van der Waals surface area (Å²) in [5, 5.41) is 19.2. The molecule has 0 radical (unpaired) electrons. The highest BCUT2D eigenvalue weighted by Gasteiger charge is 2.35. The Hall–Kier alpha value is -4.04. The van der Waals surface area contributed by atoms with Gasteiger partial charge in [-0.25, -0.2) is 0 Å². The number of ether oxygens (including phenoxy) is 1. The van der Waals surface area contributed by atoms with E-state index in [2.05, 4.69) is 10.2 Å². The predicted molar refractivity (Wildman–Crippen MR) is 119 cm³/mol. The van der Waals surface area contributed by atoms with Crippen molar-refractivity contribution in [3.63, 3.8) is 0 Å². The molecule has 1 aliphatic heterocycles. The van der Waals surface area contributed by atoms with Gasteiger partial charge < -0.3 is 14.9 Å². The highest BCUT2D eigenvalue weighted by molar-refractivity contribution is 6.31. The third kappa shape index (κ3) is 3.21. The van der Waals surface area contributed by atoms with Crippen LogP contribution in [0.25, 0.3) is 22.6 Å². The maximum atomic E-state index is 11.5. The summed E-state index contributed by atoms with van der Waals surface area (Å²) in [5.74, 6) is 1.10. The zero-order chi connectivity index (χ0) is 22.4. The molecule has 2 aromatic carbocycles. The number of nitrogens with two attached hydrogens (primary N) is 1. The number of aromatic nitrogens is 2. The molecule has 1 aliphatic rings. The summed E-state index contributed by atoms with van der Waals surface area (Å²) in [6, 6.07) is 17.5. The molecule has 0 saturated heterocycles. The first-order valence-corrected chi connectivity index (χ1v) is 10.1. The Labute approximate surface area is 187 Å². The third-order valence-corrected chi connectivity index (χ3v) is 5.72. The molecule has 0 aliphatic carbocycles. The normalized spacial score (nSPS) is 15.4. The molecule has 0 amide bonds. The van der Waals surface area contributed by atoms with Crippen LogP contribution >= 0.6 is 11.6 Å². The van der Waals surface area contributed by atoms with E-state index in [9.17, 15) is 10.1 Å². The van der Waals surface area contributed by atoms with Gasteiger partial charge in [0.15, 0.2) is 5.88 Å². The number of nitro groups is 1.